The molecule has 0 saturated heterocycles. The van der Waals surface area contributed by atoms with Crippen molar-refractivity contribution in [3.05, 3.63) is 40.1 Å². The van der Waals surface area contributed by atoms with E-state index >= 15 is 0 Å². The lowest BCUT2D eigenvalue weighted by atomic mass is 10.3. The molecule has 0 unspecified atom stereocenters. The van der Waals surface area contributed by atoms with Crippen LogP contribution < -0.4 is 0 Å². The van der Waals surface area contributed by atoms with Crippen molar-refractivity contribution in [2.45, 2.75) is 6.42 Å². The van der Waals surface area contributed by atoms with E-state index in [0.29, 0.717) is 28.0 Å². The lowest BCUT2D eigenvalue weighted by molar-refractivity contribution is 0.798. The summed E-state index contributed by atoms with van der Waals surface area (Å²) in [5.74, 6) is 0.516. The minimum Gasteiger partial charge on any atom is -0.219 e. The highest BCUT2D eigenvalue weighted by molar-refractivity contribution is 6.34. The Balaban J connectivity index is 2.38. The Morgan fingerprint density at radius 3 is 2.81 bits per heavy atom. The van der Waals surface area contributed by atoms with Crippen LogP contribution in [-0.4, -0.2) is 20.9 Å². The Hall–Kier alpha value is -0.770. The zero-order valence-electron chi connectivity index (χ0n) is 8.20. The fourth-order valence-electron chi connectivity index (χ4n) is 1.29. The molecular formula is C10H8Cl3N3. The van der Waals surface area contributed by atoms with Crippen LogP contribution in [0.25, 0.3) is 5.69 Å². The van der Waals surface area contributed by atoms with Gasteiger partial charge in [-0.15, -0.1) is 16.7 Å². The first kappa shape index (κ1) is 11.7. The van der Waals surface area contributed by atoms with Crippen LogP contribution >= 0.6 is 34.8 Å². The van der Waals surface area contributed by atoms with Crippen molar-refractivity contribution in [3.63, 3.8) is 0 Å². The lowest BCUT2D eigenvalue weighted by Gasteiger charge is -2.02. The average molecular weight is 277 g/mol. The molecule has 1 aromatic heterocycles. The maximum absolute atomic E-state index is 6.04. The number of aryl methyl sites for hydroxylation is 1. The van der Waals surface area contributed by atoms with Gasteiger partial charge in [-0.2, -0.15) is 0 Å². The van der Waals surface area contributed by atoms with Gasteiger partial charge in [-0.1, -0.05) is 28.4 Å². The number of aromatic nitrogens is 3. The van der Waals surface area contributed by atoms with Gasteiger partial charge in [-0.3, -0.25) is 0 Å². The van der Waals surface area contributed by atoms with Gasteiger partial charge in [0.05, 0.1) is 22.6 Å². The molecule has 0 atom stereocenters. The first-order valence-electron chi connectivity index (χ1n) is 4.63. The number of rotatable bonds is 3. The molecule has 0 aliphatic heterocycles. The molecule has 0 saturated carbocycles. The molecule has 1 heterocycles. The van der Waals surface area contributed by atoms with Crippen LogP contribution in [0.3, 0.4) is 0 Å². The highest BCUT2D eigenvalue weighted by Gasteiger charge is 2.06. The van der Waals surface area contributed by atoms with Gasteiger partial charge in [-0.05, 0) is 18.2 Å². The molecule has 16 heavy (non-hydrogen) atoms. The van der Waals surface area contributed by atoms with Gasteiger partial charge in [0.1, 0.15) is 0 Å². The van der Waals surface area contributed by atoms with Gasteiger partial charge >= 0.3 is 0 Å². The van der Waals surface area contributed by atoms with Crippen molar-refractivity contribution in [2.24, 2.45) is 0 Å². The van der Waals surface area contributed by atoms with E-state index in [1.165, 1.54) is 0 Å². The molecule has 0 aliphatic rings. The van der Waals surface area contributed by atoms with Crippen LogP contribution in [0.2, 0.25) is 10.0 Å². The van der Waals surface area contributed by atoms with Crippen molar-refractivity contribution in [2.75, 3.05) is 5.88 Å². The van der Waals surface area contributed by atoms with Crippen LogP contribution in [-0.2, 0) is 6.42 Å². The van der Waals surface area contributed by atoms with Crippen molar-refractivity contribution in [1.82, 2.24) is 15.0 Å². The van der Waals surface area contributed by atoms with Gasteiger partial charge in [0.15, 0.2) is 0 Å². The summed E-state index contributed by atoms with van der Waals surface area (Å²) in [7, 11) is 0. The van der Waals surface area contributed by atoms with E-state index in [9.17, 15) is 0 Å². The molecule has 0 radical (unpaired) electrons. The van der Waals surface area contributed by atoms with Crippen LogP contribution in [0, 0.1) is 0 Å². The van der Waals surface area contributed by atoms with Crippen molar-refractivity contribution in [1.29, 1.82) is 0 Å². The first-order chi connectivity index (χ1) is 7.70. The molecule has 0 amide bonds. The monoisotopic (exact) mass is 275 g/mol. The Bertz CT molecular complexity index is 496. The Morgan fingerprint density at radius 1 is 1.25 bits per heavy atom. The molecule has 0 N–H and O–H groups in total. The van der Waals surface area contributed by atoms with Crippen molar-refractivity contribution >= 4 is 34.8 Å². The van der Waals surface area contributed by atoms with E-state index in [4.69, 9.17) is 34.8 Å². The van der Waals surface area contributed by atoms with Crippen LogP contribution in [0.1, 0.15) is 5.69 Å². The largest absolute Gasteiger partial charge is 0.219 e. The summed E-state index contributed by atoms with van der Waals surface area (Å²) in [6, 6.07) is 5.19. The standard InChI is InChI=1S/C10H8Cl3N3/c11-4-3-8-6-16(15-14-8)10-5-7(12)1-2-9(10)13/h1-2,5-6H,3-4H2. The van der Waals surface area contributed by atoms with Gasteiger partial charge < -0.3 is 0 Å². The number of nitrogens with zero attached hydrogens (tertiary/aromatic N) is 3. The summed E-state index contributed by atoms with van der Waals surface area (Å²) in [6.45, 7) is 0. The second-order valence-corrected chi connectivity index (χ2v) is 4.41. The number of benzene rings is 1. The SMILES string of the molecule is ClCCc1cn(-c2cc(Cl)ccc2Cl)nn1. The summed E-state index contributed by atoms with van der Waals surface area (Å²) in [5, 5.41) is 9.13. The number of hydrogen-bond acceptors (Lipinski definition) is 2. The van der Waals surface area contributed by atoms with Crippen LogP contribution in [0.15, 0.2) is 24.4 Å². The minimum absolute atomic E-state index is 0.516. The maximum atomic E-state index is 6.04. The Labute approximate surface area is 108 Å². The Morgan fingerprint density at radius 2 is 2.06 bits per heavy atom. The second-order valence-electron chi connectivity index (χ2n) is 3.19. The molecule has 0 bridgehead atoms. The molecule has 0 spiro atoms. The third kappa shape index (κ3) is 2.48. The summed E-state index contributed by atoms with van der Waals surface area (Å²) in [5.41, 5.74) is 1.54. The molecule has 6 heteroatoms. The van der Waals surface area contributed by atoms with E-state index in [1.807, 2.05) is 0 Å². The van der Waals surface area contributed by atoms with E-state index in [1.54, 1.807) is 29.1 Å². The zero-order valence-corrected chi connectivity index (χ0v) is 10.5. The molecule has 2 rings (SSSR count). The zero-order chi connectivity index (χ0) is 11.5. The van der Waals surface area contributed by atoms with Crippen molar-refractivity contribution < 1.29 is 0 Å². The average Bonchev–Trinajstić information content (AvgIpc) is 2.71. The molecular weight excluding hydrogens is 268 g/mol. The fraction of sp³-hybridized carbons (Fsp3) is 0.200. The molecule has 1 aromatic carbocycles. The second kappa shape index (κ2) is 5.04. The third-order valence-corrected chi connectivity index (χ3v) is 2.79. The van der Waals surface area contributed by atoms with Crippen molar-refractivity contribution in [3.8, 4) is 5.69 Å². The Kier molecular flexibility index (Phi) is 3.69. The maximum Gasteiger partial charge on any atom is 0.0864 e. The lowest BCUT2D eigenvalue weighted by Crippen LogP contribution is -1.95. The quantitative estimate of drug-likeness (QED) is 0.805. The first-order valence-corrected chi connectivity index (χ1v) is 5.92. The third-order valence-electron chi connectivity index (χ3n) is 2.05. The predicted octanol–water partition coefficient (Wildman–Crippen LogP) is 3.36. The summed E-state index contributed by atoms with van der Waals surface area (Å²) < 4.78 is 1.59. The molecule has 84 valence electrons. The smallest absolute Gasteiger partial charge is 0.0864 e. The fourth-order valence-corrected chi connectivity index (χ4v) is 1.85. The highest BCUT2D eigenvalue weighted by Crippen LogP contribution is 2.23. The molecule has 0 aliphatic carbocycles. The van der Waals surface area contributed by atoms with E-state index in [0.717, 1.165) is 5.69 Å². The topological polar surface area (TPSA) is 30.7 Å². The highest BCUT2D eigenvalue weighted by atomic mass is 35.5. The normalized spacial score (nSPS) is 10.7. The number of hydrogen-bond donors (Lipinski definition) is 0. The summed E-state index contributed by atoms with van der Waals surface area (Å²) in [4.78, 5) is 0. The molecule has 2 aromatic rings. The van der Waals surface area contributed by atoms with Gasteiger partial charge in [0.2, 0.25) is 0 Å². The molecule has 3 nitrogen and oxygen atoms in total. The predicted molar refractivity (Wildman–Crippen MR) is 65.8 cm³/mol. The van der Waals surface area contributed by atoms with Crippen LogP contribution in [0.5, 0.6) is 0 Å². The minimum atomic E-state index is 0.516. The molecule has 0 fully saturated rings. The van der Waals surface area contributed by atoms with Gasteiger partial charge in [0.25, 0.3) is 0 Å². The van der Waals surface area contributed by atoms with E-state index in [2.05, 4.69) is 10.3 Å². The summed E-state index contributed by atoms with van der Waals surface area (Å²) >= 11 is 17.6. The van der Waals surface area contributed by atoms with Gasteiger partial charge in [-0.25, -0.2) is 4.68 Å². The van der Waals surface area contributed by atoms with E-state index < -0.39 is 0 Å². The summed E-state index contributed by atoms with van der Waals surface area (Å²) in [6.07, 6.45) is 2.47. The number of halogens is 3. The van der Waals surface area contributed by atoms with Gasteiger partial charge in [0, 0.05) is 17.3 Å². The van der Waals surface area contributed by atoms with E-state index in [-0.39, 0.29) is 0 Å². The van der Waals surface area contributed by atoms with Crippen LogP contribution in [0.4, 0.5) is 0 Å². The number of alkyl halides is 1.